The molecule has 0 aliphatic carbocycles. The van der Waals surface area contributed by atoms with Crippen LogP contribution in [0.15, 0.2) is 73.7 Å². The molecule has 4 aromatic heterocycles. The lowest BCUT2D eigenvalue weighted by Gasteiger charge is -2.18. The van der Waals surface area contributed by atoms with E-state index in [4.69, 9.17) is 4.74 Å². The number of likely N-dealkylation sites (tertiary alicyclic amines) is 1. The van der Waals surface area contributed by atoms with Crippen molar-refractivity contribution in [1.29, 1.82) is 0 Å². The summed E-state index contributed by atoms with van der Waals surface area (Å²) in [6, 6.07) is 13.0. The van der Waals surface area contributed by atoms with E-state index in [2.05, 4.69) is 38.1 Å². The predicted octanol–water partition coefficient (Wildman–Crippen LogP) is 4.04. The number of rotatable bonds is 6. The molecule has 5 aromatic rings. The minimum absolute atomic E-state index is 0.0990. The van der Waals surface area contributed by atoms with Gasteiger partial charge in [0.05, 0.1) is 24.5 Å². The lowest BCUT2D eigenvalue weighted by atomic mass is 10.0. The highest BCUT2D eigenvalue weighted by molar-refractivity contribution is 6.02. The highest BCUT2D eigenvalue weighted by Gasteiger charge is 2.30. The zero-order valence-corrected chi connectivity index (χ0v) is 20.7. The molecule has 10 heteroatoms. The molecule has 1 aliphatic rings. The van der Waals surface area contributed by atoms with Crippen LogP contribution >= 0.6 is 0 Å². The predicted molar refractivity (Wildman–Crippen MR) is 143 cm³/mol. The smallest absolute Gasteiger partial charge is 0.253 e. The van der Waals surface area contributed by atoms with E-state index in [9.17, 15) is 9.59 Å². The van der Waals surface area contributed by atoms with Gasteiger partial charge in [-0.1, -0.05) is 6.58 Å². The van der Waals surface area contributed by atoms with E-state index in [1.165, 1.54) is 13.2 Å². The van der Waals surface area contributed by atoms with Crippen LogP contribution in [0.2, 0.25) is 0 Å². The number of anilines is 1. The van der Waals surface area contributed by atoms with Gasteiger partial charge >= 0.3 is 0 Å². The number of fused-ring (bicyclic) bond motifs is 2. The molecule has 38 heavy (non-hydrogen) atoms. The Labute approximate surface area is 217 Å². The summed E-state index contributed by atoms with van der Waals surface area (Å²) in [6.45, 7) is 4.67. The number of hydrogen-bond donors (Lipinski definition) is 2. The van der Waals surface area contributed by atoms with Crippen LogP contribution in [0, 0.1) is 0 Å². The van der Waals surface area contributed by atoms with Gasteiger partial charge in [0.15, 0.2) is 0 Å². The van der Waals surface area contributed by atoms with E-state index in [0.29, 0.717) is 30.1 Å². The normalized spacial score (nSPS) is 15.2. The number of aromatic nitrogens is 5. The number of hydrogen-bond acceptors (Lipinski definition) is 6. The number of ether oxygens (including phenoxy) is 1. The maximum absolute atomic E-state index is 13.4. The number of nitrogens with one attached hydrogen (secondary N) is 2. The average molecular weight is 508 g/mol. The lowest BCUT2D eigenvalue weighted by Crippen LogP contribution is -2.28. The quantitative estimate of drug-likeness (QED) is 0.335. The summed E-state index contributed by atoms with van der Waals surface area (Å²) in [7, 11) is 1.51. The molecule has 6 rings (SSSR count). The largest absolute Gasteiger partial charge is 0.495 e. The molecule has 1 fully saturated rings. The van der Waals surface area contributed by atoms with Crippen molar-refractivity contribution < 1.29 is 14.3 Å². The number of aromatic amines is 1. The van der Waals surface area contributed by atoms with Gasteiger partial charge in [-0.05, 0) is 60.5 Å². The van der Waals surface area contributed by atoms with Crippen molar-refractivity contribution >= 4 is 34.1 Å². The van der Waals surface area contributed by atoms with Crippen molar-refractivity contribution in [2.45, 2.75) is 12.3 Å². The minimum Gasteiger partial charge on any atom is -0.495 e. The van der Waals surface area contributed by atoms with Gasteiger partial charge in [-0.2, -0.15) is 14.8 Å². The van der Waals surface area contributed by atoms with Gasteiger partial charge in [-0.25, -0.2) is 4.98 Å². The fourth-order valence-electron chi connectivity index (χ4n) is 5.05. The molecule has 1 saturated heterocycles. The van der Waals surface area contributed by atoms with Crippen LogP contribution in [-0.2, 0) is 4.79 Å². The Bertz CT molecular complexity index is 1700. The van der Waals surface area contributed by atoms with Crippen LogP contribution in [-0.4, -0.2) is 61.7 Å². The SMILES string of the molecule is C=CC(=O)Nc1cc(C(=O)N2CCC(c3cc4c(-c5cnn6ncccc56)ccnc4[nH]3)C2)ccc1OC. The van der Waals surface area contributed by atoms with Crippen molar-refractivity contribution in [2.75, 3.05) is 25.5 Å². The van der Waals surface area contributed by atoms with Crippen molar-refractivity contribution in [3.8, 4) is 16.9 Å². The van der Waals surface area contributed by atoms with Crippen LogP contribution in [0.3, 0.4) is 0 Å². The molecule has 1 aliphatic heterocycles. The van der Waals surface area contributed by atoms with E-state index < -0.39 is 0 Å². The van der Waals surface area contributed by atoms with E-state index in [1.54, 1.807) is 35.2 Å². The molecule has 1 aromatic carbocycles. The van der Waals surface area contributed by atoms with Crippen LogP contribution in [0.1, 0.15) is 28.4 Å². The van der Waals surface area contributed by atoms with Crippen molar-refractivity contribution in [1.82, 2.24) is 29.7 Å². The molecule has 0 saturated carbocycles. The summed E-state index contributed by atoms with van der Waals surface area (Å²) in [5.74, 6) is 0.142. The summed E-state index contributed by atoms with van der Waals surface area (Å²) in [5.41, 5.74) is 5.67. The Morgan fingerprint density at radius 2 is 2.05 bits per heavy atom. The Morgan fingerprint density at radius 3 is 2.89 bits per heavy atom. The Balaban J connectivity index is 1.25. The van der Waals surface area contributed by atoms with E-state index in [0.717, 1.165) is 39.8 Å². The van der Waals surface area contributed by atoms with E-state index in [-0.39, 0.29) is 17.7 Å². The summed E-state index contributed by atoms with van der Waals surface area (Å²) in [5, 5.41) is 12.4. The van der Waals surface area contributed by atoms with Gasteiger partial charge in [-0.3, -0.25) is 9.59 Å². The number of carbonyl (C=O) groups excluding carboxylic acids is 2. The summed E-state index contributed by atoms with van der Waals surface area (Å²) < 4.78 is 6.94. The zero-order chi connectivity index (χ0) is 26.2. The first kappa shape index (κ1) is 23.4. The van der Waals surface area contributed by atoms with Crippen molar-refractivity contribution in [3.05, 3.63) is 85.0 Å². The van der Waals surface area contributed by atoms with Gasteiger partial charge in [0.2, 0.25) is 5.91 Å². The summed E-state index contributed by atoms with van der Waals surface area (Å²) in [4.78, 5) is 35.0. The topological polar surface area (TPSA) is 118 Å². The first-order valence-electron chi connectivity index (χ1n) is 12.2. The Hall–Kier alpha value is -4.99. The number of benzene rings is 1. The molecular formula is C28H25N7O3. The second-order valence-electron chi connectivity index (χ2n) is 9.15. The summed E-state index contributed by atoms with van der Waals surface area (Å²) >= 11 is 0. The molecule has 2 N–H and O–H groups in total. The van der Waals surface area contributed by atoms with Crippen LogP contribution in [0.5, 0.6) is 5.75 Å². The second kappa shape index (κ2) is 9.47. The van der Waals surface area contributed by atoms with Crippen molar-refractivity contribution in [2.24, 2.45) is 0 Å². The lowest BCUT2D eigenvalue weighted by molar-refractivity contribution is -0.111. The second-order valence-corrected chi connectivity index (χ2v) is 9.15. The zero-order valence-electron chi connectivity index (χ0n) is 20.7. The highest BCUT2D eigenvalue weighted by atomic mass is 16.5. The van der Waals surface area contributed by atoms with Crippen LogP contribution < -0.4 is 10.1 Å². The standard InChI is InChI=1S/C28H25N7O3/c1-3-26(36)32-23-13-17(6-7-25(23)38-2)28(37)34-12-9-18(16-34)22-14-20-19(8-11-29-27(20)33-22)21-15-31-35-24(21)5-4-10-30-35/h3-8,10-11,13-15,18H,1,9,12,16H2,2H3,(H,29,33)(H,32,36). The fourth-order valence-corrected chi connectivity index (χ4v) is 5.05. The molecule has 0 bridgehead atoms. The number of pyridine rings is 1. The minimum atomic E-state index is -0.374. The molecule has 1 unspecified atom stereocenters. The molecular weight excluding hydrogens is 482 g/mol. The number of carbonyl (C=O) groups is 2. The van der Waals surface area contributed by atoms with Gasteiger partial charge in [0.25, 0.3) is 5.91 Å². The molecule has 2 amide bonds. The Kier molecular flexibility index (Phi) is 5.83. The molecule has 1 atom stereocenters. The van der Waals surface area contributed by atoms with E-state index in [1.807, 2.05) is 29.3 Å². The maximum atomic E-state index is 13.4. The summed E-state index contributed by atoms with van der Waals surface area (Å²) in [6.07, 6.45) is 7.31. The maximum Gasteiger partial charge on any atom is 0.253 e. The van der Waals surface area contributed by atoms with Gasteiger partial charge < -0.3 is 19.9 Å². The number of amides is 2. The van der Waals surface area contributed by atoms with E-state index >= 15 is 0 Å². The molecule has 0 radical (unpaired) electrons. The highest BCUT2D eigenvalue weighted by Crippen LogP contribution is 2.35. The van der Waals surface area contributed by atoms with Crippen molar-refractivity contribution in [3.63, 3.8) is 0 Å². The fraction of sp³-hybridized carbons (Fsp3) is 0.179. The van der Waals surface area contributed by atoms with Crippen LogP contribution in [0.4, 0.5) is 5.69 Å². The molecule has 5 heterocycles. The average Bonchev–Trinajstić information content (AvgIpc) is 3.70. The third kappa shape index (κ3) is 4.05. The van der Waals surface area contributed by atoms with Gasteiger partial charge in [0.1, 0.15) is 11.4 Å². The third-order valence-electron chi connectivity index (χ3n) is 6.95. The van der Waals surface area contributed by atoms with Gasteiger partial charge in [0, 0.05) is 53.6 Å². The van der Waals surface area contributed by atoms with Gasteiger partial charge in [-0.15, -0.1) is 0 Å². The monoisotopic (exact) mass is 507 g/mol. The first-order chi connectivity index (χ1) is 18.6. The molecule has 0 spiro atoms. The molecule has 10 nitrogen and oxygen atoms in total. The van der Waals surface area contributed by atoms with Crippen LogP contribution in [0.25, 0.3) is 27.7 Å². The number of nitrogens with zero attached hydrogens (tertiary/aromatic N) is 5. The third-order valence-corrected chi connectivity index (χ3v) is 6.95. The Morgan fingerprint density at radius 1 is 1.16 bits per heavy atom. The number of H-pyrrole nitrogens is 1. The number of methoxy groups -OCH3 is 1. The molecule has 190 valence electrons. The first-order valence-corrected chi connectivity index (χ1v) is 12.2.